The summed E-state index contributed by atoms with van der Waals surface area (Å²) in [4.78, 5) is 0. The van der Waals surface area contributed by atoms with Crippen molar-refractivity contribution in [3.8, 4) is 11.1 Å². The van der Waals surface area contributed by atoms with E-state index < -0.39 is 0 Å². The van der Waals surface area contributed by atoms with E-state index >= 15 is 0 Å². The zero-order valence-corrected chi connectivity index (χ0v) is 13.8. The third kappa shape index (κ3) is 2.13. The standard InChI is InChI=1S/C13H9.2ClH.Hf/c1-3-7-12-10(5-1)9-11-6-2-4-8-13(11)12;;;/h1-5,7-8H,9H2;2*1H;. The Morgan fingerprint density at radius 2 is 1.50 bits per heavy atom. The van der Waals surface area contributed by atoms with Crippen molar-refractivity contribution < 1.29 is 24.4 Å². The fourth-order valence-electron chi connectivity index (χ4n) is 2.16. The first-order chi connectivity index (χ1) is 6.86. The predicted octanol–water partition coefficient (Wildman–Crippen LogP) is 3.27. The summed E-state index contributed by atoms with van der Waals surface area (Å²) >= 11 is 1.16. The number of halogens is 2. The van der Waals surface area contributed by atoms with Crippen LogP contribution in [0.15, 0.2) is 42.5 Å². The van der Waals surface area contributed by atoms with Crippen LogP contribution in [0.4, 0.5) is 0 Å². The van der Waals surface area contributed by atoms with Crippen LogP contribution in [0, 0.1) is 0 Å². The molecule has 0 N–H and O–H groups in total. The van der Waals surface area contributed by atoms with Gasteiger partial charge < -0.3 is 0 Å². The predicted molar refractivity (Wildman–Crippen MR) is 68.8 cm³/mol. The van der Waals surface area contributed by atoms with E-state index in [9.17, 15) is 0 Å². The van der Waals surface area contributed by atoms with Crippen molar-refractivity contribution >= 4 is 28.1 Å². The van der Waals surface area contributed by atoms with E-state index in [0.29, 0.717) is 0 Å². The first-order valence-electron chi connectivity index (χ1n) is 4.78. The van der Waals surface area contributed by atoms with Crippen molar-refractivity contribution in [3.63, 3.8) is 0 Å². The van der Waals surface area contributed by atoms with Crippen LogP contribution in [0.25, 0.3) is 11.1 Å². The SMILES string of the molecule is Cl.Cl.[Hf][c]1cccc2c1Cc1ccccc1-2. The summed E-state index contributed by atoms with van der Waals surface area (Å²) < 4.78 is 1.55. The summed E-state index contributed by atoms with van der Waals surface area (Å²) in [6.45, 7) is 0. The molecule has 2 aromatic carbocycles. The maximum absolute atomic E-state index is 2.26. The van der Waals surface area contributed by atoms with Gasteiger partial charge in [0.1, 0.15) is 0 Å². The van der Waals surface area contributed by atoms with Crippen molar-refractivity contribution in [3.05, 3.63) is 53.6 Å². The number of hydrogen-bond donors (Lipinski definition) is 0. The zero-order valence-electron chi connectivity index (χ0n) is 8.57. The van der Waals surface area contributed by atoms with Crippen LogP contribution in [0.1, 0.15) is 11.1 Å². The van der Waals surface area contributed by atoms with Crippen LogP contribution < -0.4 is 3.32 Å². The summed E-state index contributed by atoms with van der Waals surface area (Å²) in [5, 5.41) is 0. The molecule has 0 aromatic heterocycles. The van der Waals surface area contributed by atoms with Gasteiger partial charge in [0, 0.05) is 0 Å². The summed E-state index contributed by atoms with van der Waals surface area (Å²) in [5.74, 6) is 0. The maximum atomic E-state index is 2.26. The van der Waals surface area contributed by atoms with Gasteiger partial charge in [-0.25, -0.2) is 0 Å². The van der Waals surface area contributed by atoms with E-state index in [-0.39, 0.29) is 24.8 Å². The summed E-state index contributed by atoms with van der Waals surface area (Å²) in [6.07, 6.45) is 1.14. The Kier molecular flexibility index (Phi) is 4.78. The van der Waals surface area contributed by atoms with E-state index in [1.807, 2.05) is 0 Å². The Bertz CT molecular complexity index is 509. The Morgan fingerprint density at radius 3 is 2.31 bits per heavy atom. The van der Waals surface area contributed by atoms with Gasteiger partial charge in [0.15, 0.2) is 0 Å². The number of hydrogen-bond acceptors (Lipinski definition) is 0. The molecule has 0 unspecified atom stereocenters. The number of fused-ring (bicyclic) bond motifs is 3. The van der Waals surface area contributed by atoms with Gasteiger partial charge in [0.05, 0.1) is 0 Å². The second-order valence-corrected chi connectivity index (χ2v) is 5.60. The molecule has 2 aromatic rings. The molecule has 0 atom stereocenters. The van der Waals surface area contributed by atoms with Gasteiger partial charge in [-0.3, -0.25) is 0 Å². The van der Waals surface area contributed by atoms with Crippen LogP contribution in [-0.2, 0) is 30.8 Å². The second-order valence-electron chi connectivity index (χ2n) is 3.67. The van der Waals surface area contributed by atoms with Crippen LogP contribution in [0.5, 0.6) is 0 Å². The van der Waals surface area contributed by atoms with Crippen molar-refractivity contribution in [2.75, 3.05) is 0 Å². The molecule has 0 nitrogen and oxygen atoms in total. The molecule has 1 aliphatic carbocycles. The first-order valence-corrected chi connectivity index (χ1v) is 6.57. The quantitative estimate of drug-likeness (QED) is 0.494. The zero-order chi connectivity index (χ0) is 9.54. The topological polar surface area (TPSA) is 0 Å². The third-order valence-corrected chi connectivity index (χ3v) is 4.53. The molecule has 0 bridgehead atoms. The van der Waals surface area contributed by atoms with Crippen molar-refractivity contribution in [2.24, 2.45) is 0 Å². The van der Waals surface area contributed by atoms with Gasteiger partial charge in [0.25, 0.3) is 0 Å². The molecule has 3 rings (SSSR count). The molecular weight excluding hydrogens is 406 g/mol. The summed E-state index contributed by atoms with van der Waals surface area (Å²) in [6, 6.07) is 15.5. The number of rotatable bonds is 0. The van der Waals surface area contributed by atoms with Gasteiger partial charge in [-0.2, -0.15) is 0 Å². The molecule has 16 heavy (non-hydrogen) atoms. The van der Waals surface area contributed by atoms with E-state index in [4.69, 9.17) is 0 Å². The fourth-order valence-corrected chi connectivity index (χ4v) is 3.30. The molecule has 1 aliphatic rings. The molecule has 0 saturated carbocycles. The Morgan fingerprint density at radius 1 is 0.812 bits per heavy atom. The fraction of sp³-hybridized carbons (Fsp3) is 0.0769. The molecular formula is C13H11Cl2Hf. The molecule has 0 fully saturated rings. The Balaban J connectivity index is 0.000000640. The molecule has 0 spiro atoms. The molecule has 0 saturated heterocycles. The first kappa shape index (κ1) is 14.0. The van der Waals surface area contributed by atoms with Crippen molar-refractivity contribution in [2.45, 2.75) is 6.42 Å². The number of benzene rings is 2. The van der Waals surface area contributed by atoms with Gasteiger partial charge in [-0.1, -0.05) is 0 Å². The van der Waals surface area contributed by atoms with E-state index in [1.165, 1.54) is 16.7 Å². The Hall–Kier alpha value is -0.110. The normalized spacial score (nSPS) is 10.7. The second kappa shape index (κ2) is 5.48. The minimum atomic E-state index is 0. The van der Waals surface area contributed by atoms with Crippen LogP contribution in [0.2, 0.25) is 0 Å². The monoisotopic (exact) mass is 417 g/mol. The third-order valence-electron chi connectivity index (χ3n) is 2.85. The Labute approximate surface area is 123 Å². The van der Waals surface area contributed by atoms with Crippen molar-refractivity contribution in [1.29, 1.82) is 0 Å². The molecule has 3 heteroatoms. The summed E-state index contributed by atoms with van der Waals surface area (Å²) in [7, 11) is 0. The van der Waals surface area contributed by atoms with E-state index in [2.05, 4.69) is 42.5 Å². The molecule has 81 valence electrons. The van der Waals surface area contributed by atoms with Gasteiger partial charge in [-0.15, -0.1) is 24.8 Å². The van der Waals surface area contributed by atoms with Crippen LogP contribution in [-0.4, -0.2) is 0 Å². The van der Waals surface area contributed by atoms with Gasteiger partial charge in [0.2, 0.25) is 0 Å². The molecule has 0 radical (unpaired) electrons. The van der Waals surface area contributed by atoms with Gasteiger partial charge in [-0.05, 0) is 0 Å². The molecule has 0 aliphatic heterocycles. The average Bonchev–Trinajstić information content (AvgIpc) is 2.59. The van der Waals surface area contributed by atoms with Crippen LogP contribution in [0.3, 0.4) is 0 Å². The molecule has 0 heterocycles. The average molecular weight is 417 g/mol. The minimum absolute atomic E-state index is 0. The van der Waals surface area contributed by atoms with Crippen LogP contribution >= 0.6 is 24.8 Å². The van der Waals surface area contributed by atoms with E-state index in [0.717, 1.165) is 30.8 Å². The van der Waals surface area contributed by atoms with Gasteiger partial charge >= 0.3 is 98.8 Å². The summed E-state index contributed by atoms with van der Waals surface area (Å²) in [5.41, 5.74) is 5.97. The molecule has 0 amide bonds. The van der Waals surface area contributed by atoms with Crippen molar-refractivity contribution in [1.82, 2.24) is 0 Å². The van der Waals surface area contributed by atoms with E-state index in [1.54, 1.807) is 8.88 Å².